The second-order valence-corrected chi connectivity index (χ2v) is 5.39. The lowest BCUT2D eigenvalue weighted by molar-refractivity contribution is -0.131. The van der Waals surface area contributed by atoms with Gasteiger partial charge in [-0.15, -0.1) is 0 Å². The predicted molar refractivity (Wildman–Crippen MR) is 71.0 cm³/mol. The summed E-state index contributed by atoms with van der Waals surface area (Å²) in [4.78, 5) is 23.7. The molecule has 0 aromatic carbocycles. The van der Waals surface area contributed by atoms with Crippen molar-refractivity contribution < 1.29 is 9.59 Å². The molecule has 1 atom stereocenters. The van der Waals surface area contributed by atoms with Crippen molar-refractivity contribution in [1.29, 1.82) is 0 Å². The Balaban J connectivity index is 2.31. The molecule has 1 unspecified atom stereocenters. The van der Waals surface area contributed by atoms with Gasteiger partial charge in [-0.2, -0.15) is 0 Å². The van der Waals surface area contributed by atoms with Gasteiger partial charge in [-0.25, -0.2) is 0 Å². The molecule has 0 spiro atoms. The number of carbonyl (C=O) groups excluding carboxylic acids is 2. The molecule has 1 heterocycles. The molecule has 1 aliphatic heterocycles. The Morgan fingerprint density at radius 3 is 2.39 bits per heavy atom. The quantitative estimate of drug-likeness (QED) is 0.660. The van der Waals surface area contributed by atoms with Crippen LogP contribution in [0, 0.1) is 11.8 Å². The minimum atomic E-state index is -0.453. The first-order valence-corrected chi connectivity index (χ1v) is 6.79. The molecule has 5 nitrogen and oxygen atoms in total. The minimum Gasteiger partial charge on any atom is -0.354 e. The summed E-state index contributed by atoms with van der Waals surface area (Å²) in [6.45, 7) is 8.22. The zero-order valence-corrected chi connectivity index (χ0v) is 11.6. The normalized spacial score (nSPS) is 18.4. The topological polar surface area (TPSA) is 70.2 Å². The first kappa shape index (κ1) is 15.0. The molecule has 0 bridgehead atoms. The highest BCUT2D eigenvalue weighted by molar-refractivity contribution is 5.88. The van der Waals surface area contributed by atoms with E-state index in [1.807, 2.05) is 13.8 Å². The van der Waals surface area contributed by atoms with Crippen LogP contribution in [0.3, 0.4) is 0 Å². The summed E-state index contributed by atoms with van der Waals surface area (Å²) < 4.78 is 0. The molecule has 1 saturated heterocycles. The van der Waals surface area contributed by atoms with Crippen molar-refractivity contribution in [2.24, 2.45) is 11.8 Å². The molecule has 0 saturated carbocycles. The SMILES string of the molecule is CC(C)CNC(=O)C(C)NC(=O)C1CCNCC1. The summed E-state index contributed by atoms with van der Waals surface area (Å²) in [7, 11) is 0. The van der Waals surface area contributed by atoms with Gasteiger partial charge in [-0.3, -0.25) is 9.59 Å². The average Bonchev–Trinajstić information content (AvgIpc) is 2.36. The van der Waals surface area contributed by atoms with E-state index in [2.05, 4.69) is 16.0 Å². The summed E-state index contributed by atoms with van der Waals surface area (Å²) in [5.41, 5.74) is 0. The van der Waals surface area contributed by atoms with E-state index in [1.165, 1.54) is 0 Å². The summed E-state index contributed by atoms with van der Waals surface area (Å²) in [6, 6.07) is -0.453. The smallest absolute Gasteiger partial charge is 0.242 e. The Morgan fingerprint density at radius 2 is 1.83 bits per heavy atom. The number of piperidine rings is 1. The van der Waals surface area contributed by atoms with Crippen LogP contribution in [-0.2, 0) is 9.59 Å². The zero-order valence-electron chi connectivity index (χ0n) is 11.6. The van der Waals surface area contributed by atoms with Crippen LogP contribution in [0.1, 0.15) is 33.6 Å². The molecule has 104 valence electrons. The van der Waals surface area contributed by atoms with Crippen molar-refractivity contribution in [2.75, 3.05) is 19.6 Å². The summed E-state index contributed by atoms with van der Waals surface area (Å²) in [5, 5.41) is 8.84. The number of amides is 2. The molecule has 5 heteroatoms. The van der Waals surface area contributed by atoms with Gasteiger partial charge in [0.1, 0.15) is 6.04 Å². The molecule has 1 aliphatic rings. The Hall–Kier alpha value is -1.10. The molecule has 0 aromatic rings. The van der Waals surface area contributed by atoms with Crippen LogP contribution in [0.2, 0.25) is 0 Å². The van der Waals surface area contributed by atoms with E-state index >= 15 is 0 Å². The fourth-order valence-corrected chi connectivity index (χ4v) is 1.94. The van der Waals surface area contributed by atoms with Crippen LogP contribution in [0.5, 0.6) is 0 Å². The predicted octanol–water partition coefficient (Wildman–Crippen LogP) is 0.263. The van der Waals surface area contributed by atoms with Crippen molar-refractivity contribution in [3.63, 3.8) is 0 Å². The number of rotatable bonds is 5. The van der Waals surface area contributed by atoms with E-state index in [1.54, 1.807) is 6.92 Å². The lowest BCUT2D eigenvalue weighted by Crippen LogP contribution is -2.48. The van der Waals surface area contributed by atoms with Crippen molar-refractivity contribution in [1.82, 2.24) is 16.0 Å². The number of carbonyl (C=O) groups is 2. The fourth-order valence-electron chi connectivity index (χ4n) is 1.94. The van der Waals surface area contributed by atoms with Gasteiger partial charge in [0.25, 0.3) is 0 Å². The van der Waals surface area contributed by atoms with Crippen LogP contribution >= 0.6 is 0 Å². The van der Waals surface area contributed by atoms with Gasteiger partial charge in [-0.1, -0.05) is 13.8 Å². The van der Waals surface area contributed by atoms with Crippen molar-refractivity contribution in [3.05, 3.63) is 0 Å². The third-order valence-electron chi connectivity index (χ3n) is 3.15. The largest absolute Gasteiger partial charge is 0.354 e. The van der Waals surface area contributed by atoms with Crippen LogP contribution in [0.15, 0.2) is 0 Å². The van der Waals surface area contributed by atoms with Crippen LogP contribution in [0.25, 0.3) is 0 Å². The maximum Gasteiger partial charge on any atom is 0.242 e. The molecule has 0 radical (unpaired) electrons. The van der Waals surface area contributed by atoms with Crippen molar-refractivity contribution in [3.8, 4) is 0 Å². The van der Waals surface area contributed by atoms with Gasteiger partial charge >= 0.3 is 0 Å². The van der Waals surface area contributed by atoms with E-state index in [9.17, 15) is 9.59 Å². The summed E-state index contributed by atoms with van der Waals surface area (Å²) in [6.07, 6.45) is 1.71. The van der Waals surface area contributed by atoms with E-state index in [4.69, 9.17) is 0 Å². The zero-order chi connectivity index (χ0) is 13.5. The second-order valence-electron chi connectivity index (χ2n) is 5.39. The Morgan fingerprint density at radius 1 is 1.22 bits per heavy atom. The summed E-state index contributed by atoms with van der Waals surface area (Å²) in [5.74, 6) is 0.363. The maximum absolute atomic E-state index is 11.9. The molecule has 2 amide bonds. The molecule has 18 heavy (non-hydrogen) atoms. The van der Waals surface area contributed by atoms with Gasteiger partial charge in [0.15, 0.2) is 0 Å². The molecule has 1 fully saturated rings. The lowest BCUT2D eigenvalue weighted by atomic mass is 9.97. The fraction of sp³-hybridized carbons (Fsp3) is 0.846. The maximum atomic E-state index is 11.9. The van der Waals surface area contributed by atoms with E-state index in [0.29, 0.717) is 12.5 Å². The van der Waals surface area contributed by atoms with Gasteiger partial charge in [0.2, 0.25) is 11.8 Å². The molecule has 0 aliphatic carbocycles. The Kier molecular flexibility index (Phi) is 6.12. The van der Waals surface area contributed by atoms with Gasteiger partial charge in [-0.05, 0) is 38.8 Å². The van der Waals surface area contributed by atoms with Crippen molar-refractivity contribution >= 4 is 11.8 Å². The number of hydrogen-bond acceptors (Lipinski definition) is 3. The molecular weight excluding hydrogens is 230 g/mol. The highest BCUT2D eigenvalue weighted by Gasteiger charge is 2.24. The molecular formula is C13H25N3O2. The highest BCUT2D eigenvalue weighted by atomic mass is 16.2. The summed E-state index contributed by atoms with van der Waals surface area (Å²) >= 11 is 0. The lowest BCUT2D eigenvalue weighted by Gasteiger charge is -2.23. The first-order chi connectivity index (χ1) is 8.50. The van der Waals surface area contributed by atoms with E-state index in [0.717, 1.165) is 25.9 Å². The molecule has 0 aromatic heterocycles. The third-order valence-corrected chi connectivity index (χ3v) is 3.15. The van der Waals surface area contributed by atoms with Gasteiger partial charge < -0.3 is 16.0 Å². The molecule has 3 N–H and O–H groups in total. The Labute approximate surface area is 109 Å². The number of hydrogen-bond donors (Lipinski definition) is 3. The number of nitrogens with one attached hydrogen (secondary N) is 3. The first-order valence-electron chi connectivity index (χ1n) is 6.79. The standard InChI is InChI=1S/C13H25N3O2/c1-9(2)8-15-12(17)10(3)16-13(18)11-4-6-14-7-5-11/h9-11,14H,4-8H2,1-3H3,(H,15,17)(H,16,18). The average molecular weight is 255 g/mol. The monoisotopic (exact) mass is 255 g/mol. The Bertz CT molecular complexity index is 286. The van der Waals surface area contributed by atoms with Crippen LogP contribution in [-0.4, -0.2) is 37.5 Å². The second kappa shape index (κ2) is 7.36. The minimum absolute atomic E-state index is 0.00342. The molecule has 1 rings (SSSR count). The third kappa shape index (κ3) is 5.04. The van der Waals surface area contributed by atoms with Crippen molar-refractivity contribution in [2.45, 2.75) is 39.7 Å². The van der Waals surface area contributed by atoms with E-state index < -0.39 is 6.04 Å². The highest BCUT2D eigenvalue weighted by Crippen LogP contribution is 2.11. The van der Waals surface area contributed by atoms with Gasteiger partial charge in [0.05, 0.1) is 0 Å². The van der Waals surface area contributed by atoms with Crippen LogP contribution in [0.4, 0.5) is 0 Å². The van der Waals surface area contributed by atoms with E-state index in [-0.39, 0.29) is 17.7 Å². The van der Waals surface area contributed by atoms with Crippen LogP contribution < -0.4 is 16.0 Å². The van der Waals surface area contributed by atoms with Gasteiger partial charge in [0, 0.05) is 12.5 Å².